The third-order valence-corrected chi connectivity index (χ3v) is 4.43. The maximum atomic E-state index is 15.0. The molecule has 2 atom stereocenters. The average molecular weight is 475 g/mol. The van der Waals surface area contributed by atoms with E-state index in [9.17, 15) is 28.0 Å². The minimum absolute atomic E-state index is 0.0235. The van der Waals surface area contributed by atoms with Gasteiger partial charge in [0.2, 0.25) is 11.8 Å². The maximum Gasteiger partial charge on any atom is 0.349 e. The Morgan fingerprint density at radius 1 is 1.41 bits per heavy atom. The van der Waals surface area contributed by atoms with Gasteiger partial charge in [0, 0.05) is 41.0 Å². The summed E-state index contributed by atoms with van der Waals surface area (Å²) in [7, 11) is 0. The molecule has 0 saturated carbocycles. The van der Waals surface area contributed by atoms with Crippen molar-refractivity contribution in [3.63, 3.8) is 0 Å². The van der Waals surface area contributed by atoms with Crippen LogP contribution < -0.4 is 10.6 Å². The largest absolute Gasteiger partial charge is 0.349 e. The molecule has 7 nitrogen and oxygen atoms in total. The molecule has 2 unspecified atom stereocenters. The lowest BCUT2D eigenvalue weighted by Gasteiger charge is -2.29. The van der Waals surface area contributed by atoms with Crippen LogP contribution in [-0.2, 0) is 33.3 Å². The monoisotopic (exact) mass is 474 g/mol. The molecule has 0 spiro atoms. The molecule has 0 radical (unpaired) electrons. The van der Waals surface area contributed by atoms with Gasteiger partial charge < -0.3 is 10.2 Å². The number of imide groups is 1. The molecule has 4 rings (SSSR count). The van der Waals surface area contributed by atoms with Crippen LogP contribution in [0.25, 0.3) is 0 Å². The number of hydrogen-bond donors (Lipinski definition) is 2. The first-order valence-electron chi connectivity index (χ1n) is 15.1. The van der Waals surface area contributed by atoms with Gasteiger partial charge in [-0.1, -0.05) is 35.8 Å². The molecule has 1 saturated heterocycles. The first kappa shape index (κ1) is 11.0. The van der Waals surface area contributed by atoms with E-state index in [2.05, 4.69) is 0 Å². The summed E-state index contributed by atoms with van der Waals surface area (Å²) in [4.78, 5) is 50.8. The number of amides is 4. The predicted octanol–water partition coefficient (Wildman–Crippen LogP) is 2.51. The van der Waals surface area contributed by atoms with Crippen molar-refractivity contribution in [3.8, 4) is 0 Å². The van der Waals surface area contributed by atoms with Crippen LogP contribution in [0, 0.1) is 0 Å². The zero-order chi connectivity index (χ0) is 34.6. The quantitative estimate of drug-likeness (QED) is 0.651. The van der Waals surface area contributed by atoms with Crippen molar-refractivity contribution < 1.29 is 45.9 Å². The molecule has 0 aromatic heterocycles. The average Bonchev–Trinajstić information content (AvgIpc) is 3.17. The minimum atomic E-state index is -4.47. The van der Waals surface area contributed by atoms with Crippen molar-refractivity contribution in [2.24, 2.45) is 0 Å². The number of carbonyl (C=O) groups is 4. The van der Waals surface area contributed by atoms with E-state index in [1.807, 2.05) is 0 Å². The number of rotatable bonds is 5. The lowest BCUT2D eigenvalue weighted by atomic mass is 10.0. The molecular weight excluding hydrogens is 444 g/mol. The van der Waals surface area contributed by atoms with Gasteiger partial charge in [0.25, 0.3) is 11.8 Å². The van der Waals surface area contributed by atoms with Crippen LogP contribution in [0.2, 0.25) is 7.85 Å². The van der Waals surface area contributed by atoms with Gasteiger partial charge in [-0.2, -0.15) is 8.78 Å². The Kier molecular flexibility index (Phi) is 2.86. The summed E-state index contributed by atoms with van der Waals surface area (Å²) < 4.78 is 137. The summed E-state index contributed by atoms with van der Waals surface area (Å²) in [5.41, 5.74) is -4.74. The van der Waals surface area contributed by atoms with E-state index in [1.54, 1.807) is 0 Å². The van der Waals surface area contributed by atoms with E-state index >= 15 is 0 Å². The van der Waals surface area contributed by atoms with E-state index < -0.39 is 117 Å². The SMILES string of the molecule is [2H]c1c([2H])c(C([2H])N([2H])C(=O)C(F)(F)c2ccc(Cl)cc2)c([2H])c2c1C(=O)N(C1([2H])C(=O)N([2H])C(=O)C([2H])([2H])C1([2H])[2H])C2([2H])[2H]. The van der Waals surface area contributed by atoms with Gasteiger partial charge in [0.1, 0.15) is 6.02 Å². The Balaban J connectivity index is 1.88. The summed E-state index contributed by atoms with van der Waals surface area (Å²) in [6.07, 6.45) is -7.97. The summed E-state index contributed by atoms with van der Waals surface area (Å²) >= 11 is 5.66. The van der Waals surface area contributed by atoms with E-state index in [0.717, 1.165) is 24.3 Å². The van der Waals surface area contributed by atoms with Gasteiger partial charge >= 0.3 is 5.92 Å². The molecule has 2 aromatic carbocycles. The van der Waals surface area contributed by atoms with Gasteiger partial charge in [0.05, 0.1) is 9.60 Å². The predicted molar refractivity (Wildman–Crippen MR) is 110 cm³/mol. The van der Waals surface area contributed by atoms with Crippen LogP contribution >= 0.6 is 11.6 Å². The second kappa shape index (κ2) is 8.31. The molecule has 2 heterocycles. The molecule has 2 N–H and O–H groups in total. The van der Waals surface area contributed by atoms with Gasteiger partial charge in [-0.3, -0.25) is 24.5 Å². The fourth-order valence-electron chi connectivity index (χ4n) is 2.64. The van der Waals surface area contributed by atoms with Crippen molar-refractivity contribution in [2.75, 3.05) is 0 Å². The van der Waals surface area contributed by atoms with Crippen molar-refractivity contribution in [3.05, 3.63) is 69.7 Å². The Morgan fingerprint density at radius 3 is 2.84 bits per heavy atom. The molecule has 4 amide bonds. The van der Waals surface area contributed by atoms with Crippen molar-refractivity contribution >= 4 is 35.2 Å². The van der Waals surface area contributed by atoms with Crippen LogP contribution in [0.1, 0.15) is 54.9 Å². The molecule has 1 fully saturated rings. The Bertz CT molecular complexity index is 1680. The van der Waals surface area contributed by atoms with E-state index in [1.165, 1.54) is 0 Å². The smallest absolute Gasteiger partial charge is 0.346 e. The number of benzene rings is 2. The Morgan fingerprint density at radius 2 is 2.12 bits per heavy atom. The van der Waals surface area contributed by atoms with Crippen LogP contribution in [-0.4, -0.2) is 34.5 Å². The second-order valence-corrected chi connectivity index (χ2v) is 6.69. The normalized spacial score (nSPS) is 32.6. The number of carbonyl (C=O) groups excluding carboxylic acids is 4. The number of nitrogens with zero attached hydrogens (tertiary/aromatic N) is 1. The fraction of sp³-hybridized carbons (Fsp3) is 0.273. The van der Waals surface area contributed by atoms with E-state index in [4.69, 9.17) is 29.5 Å². The summed E-state index contributed by atoms with van der Waals surface area (Å²) in [6.45, 7) is -6.50. The standard InChI is InChI=1S/C22H18ClF2N3O4/c23-15-4-2-14(3-5-15)22(24,25)21(32)26-10-12-1-6-16-13(9-12)11-28(20(16)31)17-7-8-18(29)27-19(17)30/h1-6,9,17H,7-8,10-11H2,(H,26,32)(H,27,29,30)/i1D,6D,7D2,8D2,9D,10D,11D2,17D/hD2. The van der Waals surface area contributed by atoms with Crippen LogP contribution in [0.3, 0.4) is 0 Å². The van der Waals surface area contributed by atoms with E-state index in [0.29, 0.717) is 0 Å². The molecule has 2 aliphatic heterocycles. The Labute approximate surface area is 205 Å². The molecule has 0 aliphatic carbocycles. The highest BCUT2D eigenvalue weighted by Crippen LogP contribution is 2.30. The molecule has 166 valence electrons. The summed E-state index contributed by atoms with van der Waals surface area (Å²) in [6, 6.07) is -4.63. The zero-order valence-corrected chi connectivity index (χ0v) is 16.3. The molecular formula is C22H18ClF2N3O4. The van der Waals surface area contributed by atoms with Crippen LogP contribution in [0.4, 0.5) is 8.78 Å². The highest BCUT2D eigenvalue weighted by molar-refractivity contribution is 6.30. The third-order valence-electron chi connectivity index (χ3n) is 4.18. The number of hydrogen-bond acceptors (Lipinski definition) is 4. The zero-order valence-electron chi connectivity index (χ0n) is 28.5. The maximum absolute atomic E-state index is 15.0. The van der Waals surface area contributed by atoms with Crippen molar-refractivity contribution in [1.29, 1.82) is 0 Å². The highest BCUT2D eigenvalue weighted by Gasteiger charge is 2.41. The van der Waals surface area contributed by atoms with E-state index in [-0.39, 0.29) is 5.02 Å². The highest BCUT2D eigenvalue weighted by atomic mass is 35.5. The van der Waals surface area contributed by atoms with Crippen molar-refractivity contribution in [1.82, 2.24) is 15.5 Å². The number of alkyl halides is 2. The second-order valence-electron chi connectivity index (χ2n) is 6.26. The number of fused-ring (bicyclic) bond motifs is 1. The molecule has 10 heteroatoms. The molecule has 0 bridgehead atoms. The number of piperidine rings is 1. The first-order chi connectivity index (χ1) is 20.3. The van der Waals surface area contributed by atoms with Crippen LogP contribution in [0.15, 0.2) is 42.4 Å². The third kappa shape index (κ3) is 4.08. The lowest BCUT2D eigenvalue weighted by Crippen LogP contribution is -2.52. The topological polar surface area (TPSA) is 95.6 Å². The molecule has 2 aliphatic rings. The number of nitrogens with one attached hydrogen (secondary N) is 2. The van der Waals surface area contributed by atoms with Crippen molar-refractivity contribution in [2.45, 2.75) is 37.7 Å². The molecule has 32 heavy (non-hydrogen) atoms. The van der Waals surface area contributed by atoms with Gasteiger partial charge in [-0.25, -0.2) is 0 Å². The van der Waals surface area contributed by atoms with Crippen LogP contribution in [0.5, 0.6) is 0 Å². The first-order valence-corrected chi connectivity index (χ1v) is 8.97. The van der Waals surface area contributed by atoms with Gasteiger partial charge in [0.15, 0.2) is 2.82 Å². The van der Waals surface area contributed by atoms with Gasteiger partial charge in [-0.05, 0) is 35.7 Å². The summed E-state index contributed by atoms with van der Waals surface area (Å²) in [5, 5.41) is -1.42. The summed E-state index contributed by atoms with van der Waals surface area (Å²) in [5.74, 6) is -13.1. The van der Waals surface area contributed by atoms with Gasteiger partial charge in [-0.15, -0.1) is 0 Å². The fourth-order valence-corrected chi connectivity index (χ4v) is 2.77. The Hall–Kier alpha value is -3.33. The minimum Gasteiger partial charge on any atom is -0.346 e. The lowest BCUT2D eigenvalue weighted by molar-refractivity contribution is -0.147. The molecule has 2 aromatic rings. The number of halogens is 3.